The highest BCUT2D eigenvalue weighted by atomic mass is 19.1. The molecule has 0 spiro atoms. The van der Waals surface area contributed by atoms with Crippen molar-refractivity contribution in [1.29, 1.82) is 0 Å². The number of benzene rings is 2. The Morgan fingerprint density at radius 3 is 2.43 bits per heavy atom. The Kier molecular flexibility index (Phi) is 4.93. The molecule has 4 heteroatoms. The lowest BCUT2D eigenvalue weighted by molar-refractivity contribution is 0.0947. The van der Waals surface area contributed by atoms with Crippen molar-refractivity contribution in [3.63, 3.8) is 0 Å². The van der Waals surface area contributed by atoms with Gasteiger partial charge in [-0.3, -0.25) is 4.79 Å². The van der Waals surface area contributed by atoms with E-state index in [1.165, 1.54) is 12.1 Å². The quantitative estimate of drug-likeness (QED) is 0.913. The molecule has 0 aliphatic rings. The number of amides is 1. The third kappa shape index (κ3) is 4.31. The van der Waals surface area contributed by atoms with E-state index in [0.29, 0.717) is 6.54 Å². The zero-order valence-corrected chi connectivity index (χ0v) is 12.1. The standard InChI is InChI=1S/C17H18FNO2/c1-12(2)21-14-9-7-13(8-10-14)11-19-17(20)15-5-3-4-6-16(15)18/h3-10,12H,11H2,1-2H3,(H,19,20). The zero-order valence-electron chi connectivity index (χ0n) is 12.1. The van der Waals surface area contributed by atoms with Gasteiger partial charge in [-0.2, -0.15) is 0 Å². The van der Waals surface area contributed by atoms with Crippen LogP contribution in [0, 0.1) is 5.82 Å². The molecule has 110 valence electrons. The molecule has 0 radical (unpaired) electrons. The van der Waals surface area contributed by atoms with Gasteiger partial charge in [-0.25, -0.2) is 4.39 Å². The van der Waals surface area contributed by atoms with Gasteiger partial charge in [0.05, 0.1) is 11.7 Å². The molecule has 0 fully saturated rings. The minimum atomic E-state index is -0.518. The fraction of sp³-hybridized carbons (Fsp3) is 0.235. The van der Waals surface area contributed by atoms with E-state index in [-0.39, 0.29) is 11.7 Å². The largest absolute Gasteiger partial charge is 0.491 e. The Hall–Kier alpha value is -2.36. The molecule has 1 amide bonds. The zero-order chi connectivity index (χ0) is 15.2. The van der Waals surface area contributed by atoms with E-state index < -0.39 is 11.7 Å². The number of carbonyl (C=O) groups excluding carboxylic acids is 1. The van der Waals surface area contributed by atoms with Crippen molar-refractivity contribution in [3.05, 3.63) is 65.5 Å². The van der Waals surface area contributed by atoms with Crippen molar-refractivity contribution >= 4 is 5.91 Å². The maximum absolute atomic E-state index is 13.5. The second-order valence-corrected chi connectivity index (χ2v) is 4.97. The Morgan fingerprint density at radius 2 is 1.81 bits per heavy atom. The van der Waals surface area contributed by atoms with Crippen LogP contribution in [0.5, 0.6) is 5.75 Å². The minimum Gasteiger partial charge on any atom is -0.491 e. The lowest BCUT2D eigenvalue weighted by Gasteiger charge is -2.10. The van der Waals surface area contributed by atoms with Crippen LogP contribution in [0.4, 0.5) is 4.39 Å². The molecule has 0 aliphatic carbocycles. The fourth-order valence-corrected chi connectivity index (χ4v) is 1.88. The van der Waals surface area contributed by atoms with Crippen molar-refractivity contribution in [2.45, 2.75) is 26.5 Å². The average molecular weight is 287 g/mol. The Bertz CT molecular complexity index is 608. The van der Waals surface area contributed by atoms with Crippen LogP contribution >= 0.6 is 0 Å². The van der Waals surface area contributed by atoms with Crippen LogP contribution in [0.2, 0.25) is 0 Å². The van der Waals surface area contributed by atoms with Crippen LogP contribution in [0.15, 0.2) is 48.5 Å². The Balaban J connectivity index is 1.94. The molecule has 0 unspecified atom stereocenters. The number of nitrogens with one attached hydrogen (secondary N) is 1. The van der Waals surface area contributed by atoms with Gasteiger partial charge in [0.1, 0.15) is 11.6 Å². The fourth-order valence-electron chi connectivity index (χ4n) is 1.88. The Labute approximate surface area is 123 Å². The van der Waals surface area contributed by atoms with Gasteiger partial charge in [0.15, 0.2) is 0 Å². The molecule has 0 saturated heterocycles. The van der Waals surface area contributed by atoms with E-state index in [4.69, 9.17) is 4.74 Å². The molecule has 21 heavy (non-hydrogen) atoms. The molecule has 0 atom stereocenters. The molecule has 0 saturated carbocycles. The summed E-state index contributed by atoms with van der Waals surface area (Å²) < 4.78 is 19.0. The smallest absolute Gasteiger partial charge is 0.254 e. The van der Waals surface area contributed by atoms with E-state index in [1.54, 1.807) is 12.1 Å². The van der Waals surface area contributed by atoms with Crippen molar-refractivity contribution in [2.75, 3.05) is 0 Å². The maximum atomic E-state index is 13.5. The summed E-state index contributed by atoms with van der Waals surface area (Å²) in [5.74, 6) is -0.152. The molecule has 0 heterocycles. The first-order valence-electron chi connectivity index (χ1n) is 6.84. The summed E-state index contributed by atoms with van der Waals surface area (Å²) in [6.07, 6.45) is 0.122. The first-order chi connectivity index (χ1) is 10.1. The summed E-state index contributed by atoms with van der Waals surface area (Å²) in [5.41, 5.74) is 0.980. The summed E-state index contributed by atoms with van der Waals surface area (Å²) >= 11 is 0. The molecule has 1 N–H and O–H groups in total. The van der Waals surface area contributed by atoms with Crippen molar-refractivity contribution in [2.24, 2.45) is 0 Å². The highest BCUT2D eigenvalue weighted by molar-refractivity contribution is 5.94. The SMILES string of the molecule is CC(C)Oc1ccc(CNC(=O)c2ccccc2F)cc1. The first-order valence-corrected chi connectivity index (χ1v) is 6.84. The van der Waals surface area contributed by atoms with Crippen molar-refractivity contribution in [1.82, 2.24) is 5.32 Å². The van der Waals surface area contributed by atoms with Crippen LogP contribution in [-0.4, -0.2) is 12.0 Å². The normalized spacial score (nSPS) is 10.5. The molecule has 0 aromatic heterocycles. The number of carbonyl (C=O) groups is 1. The molecule has 0 bridgehead atoms. The number of rotatable bonds is 5. The summed E-state index contributed by atoms with van der Waals surface area (Å²) in [6.45, 7) is 4.26. The van der Waals surface area contributed by atoms with E-state index in [9.17, 15) is 9.18 Å². The first kappa shape index (κ1) is 15.0. The summed E-state index contributed by atoms with van der Waals surface area (Å²) in [4.78, 5) is 11.9. The van der Waals surface area contributed by atoms with Crippen LogP contribution in [0.1, 0.15) is 29.8 Å². The van der Waals surface area contributed by atoms with Crippen LogP contribution in [0.3, 0.4) is 0 Å². The predicted octanol–water partition coefficient (Wildman–Crippen LogP) is 3.54. The van der Waals surface area contributed by atoms with Crippen LogP contribution in [-0.2, 0) is 6.54 Å². The second-order valence-electron chi connectivity index (χ2n) is 4.97. The van der Waals surface area contributed by atoms with Crippen molar-refractivity contribution in [3.8, 4) is 5.75 Å². The molecular formula is C17H18FNO2. The molecule has 0 aliphatic heterocycles. The topological polar surface area (TPSA) is 38.3 Å². The van der Waals surface area contributed by atoms with Gasteiger partial charge >= 0.3 is 0 Å². The molecule has 3 nitrogen and oxygen atoms in total. The summed E-state index contributed by atoms with van der Waals surface area (Å²) in [5, 5.41) is 2.70. The molecule has 2 rings (SSSR count). The average Bonchev–Trinajstić information content (AvgIpc) is 2.46. The van der Waals surface area contributed by atoms with Crippen LogP contribution < -0.4 is 10.1 Å². The molecule has 2 aromatic carbocycles. The van der Waals surface area contributed by atoms with Gasteiger partial charge in [-0.1, -0.05) is 24.3 Å². The van der Waals surface area contributed by atoms with E-state index in [1.807, 2.05) is 38.1 Å². The van der Waals surface area contributed by atoms with E-state index >= 15 is 0 Å². The predicted molar refractivity (Wildman–Crippen MR) is 79.8 cm³/mol. The maximum Gasteiger partial charge on any atom is 0.254 e. The van der Waals surface area contributed by atoms with Gasteiger partial charge < -0.3 is 10.1 Å². The number of ether oxygens (including phenoxy) is 1. The lowest BCUT2D eigenvalue weighted by atomic mass is 10.2. The van der Waals surface area contributed by atoms with Gasteiger partial charge in [0.25, 0.3) is 5.91 Å². The summed E-state index contributed by atoms with van der Waals surface area (Å²) in [7, 11) is 0. The number of halogens is 1. The van der Waals surface area contributed by atoms with Crippen LogP contribution in [0.25, 0.3) is 0 Å². The van der Waals surface area contributed by atoms with E-state index in [0.717, 1.165) is 11.3 Å². The van der Waals surface area contributed by atoms with E-state index in [2.05, 4.69) is 5.32 Å². The van der Waals surface area contributed by atoms with Gasteiger partial charge in [0, 0.05) is 6.54 Å². The van der Waals surface area contributed by atoms with Gasteiger partial charge in [0.2, 0.25) is 0 Å². The Morgan fingerprint density at radius 1 is 1.14 bits per heavy atom. The van der Waals surface area contributed by atoms with Crippen molar-refractivity contribution < 1.29 is 13.9 Å². The molecular weight excluding hydrogens is 269 g/mol. The van der Waals surface area contributed by atoms with Gasteiger partial charge in [-0.05, 0) is 43.7 Å². The third-order valence-electron chi connectivity index (χ3n) is 2.87. The second kappa shape index (κ2) is 6.88. The summed E-state index contributed by atoms with van der Waals surface area (Å²) in [6, 6.07) is 13.4. The number of hydrogen-bond donors (Lipinski definition) is 1. The molecule has 2 aromatic rings. The highest BCUT2D eigenvalue weighted by Gasteiger charge is 2.10. The highest BCUT2D eigenvalue weighted by Crippen LogP contribution is 2.14. The monoisotopic (exact) mass is 287 g/mol. The third-order valence-corrected chi connectivity index (χ3v) is 2.87. The van der Waals surface area contributed by atoms with Gasteiger partial charge in [-0.15, -0.1) is 0 Å². The number of hydrogen-bond acceptors (Lipinski definition) is 2. The lowest BCUT2D eigenvalue weighted by Crippen LogP contribution is -2.23. The minimum absolute atomic E-state index is 0.0530.